The number of thiazole rings is 1. The predicted molar refractivity (Wildman–Crippen MR) is 75.3 cm³/mol. The van der Waals surface area contributed by atoms with Crippen LogP contribution < -0.4 is 5.32 Å². The van der Waals surface area contributed by atoms with Gasteiger partial charge >= 0.3 is 0 Å². The van der Waals surface area contributed by atoms with Gasteiger partial charge in [0, 0.05) is 35.7 Å². The maximum absolute atomic E-state index is 11.9. The summed E-state index contributed by atoms with van der Waals surface area (Å²) < 4.78 is 0. The molecule has 3 rings (SSSR count). The summed E-state index contributed by atoms with van der Waals surface area (Å²) in [5.74, 6) is -0.329. The smallest absolute Gasteiger partial charge is 0.277 e. The lowest BCUT2D eigenvalue weighted by Gasteiger charge is -1.99. The Morgan fingerprint density at radius 3 is 2.80 bits per heavy atom. The van der Waals surface area contributed by atoms with Crippen LogP contribution in [0, 0.1) is 0 Å². The molecule has 6 nitrogen and oxygen atoms in total. The van der Waals surface area contributed by atoms with Crippen LogP contribution in [0.5, 0.6) is 0 Å². The summed E-state index contributed by atoms with van der Waals surface area (Å²) in [6.07, 6.45) is 7.82. The quantitative estimate of drug-likeness (QED) is 0.797. The van der Waals surface area contributed by atoms with Crippen molar-refractivity contribution in [2.75, 3.05) is 5.32 Å². The van der Waals surface area contributed by atoms with Gasteiger partial charge < -0.3 is 0 Å². The minimum Gasteiger partial charge on any atom is -0.296 e. The van der Waals surface area contributed by atoms with Crippen molar-refractivity contribution >= 4 is 22.4 Å². The van der Waals surface area contributed by atoms with Crippen molar-refractivity contribution in [3.8, 4) is 11.3 Å². The standard InChI is InChI=1S/C13H9N5OS/c19-12(10-7-15-4-5-16-10)18-13-17-11(8-20-13)9-2-1-3-14-6-9/h1-8H,(H,17,18,19). The topological polar surface area (TPSA) is 80.7 Å². The van der Waals surface area contributed by atoms with Gasteiger partial charge in [-0.25, -0.2) is 9.97 Å². The third kappa shape index (κ3) is 2.67. The molecule has 0 saturated carbocycles. The maximum atomic E-state index is 11.9. The number of amides is 1. The van der Waals surface area contributed by atoms with E-state index in [0.29, 0.717) is 5.13 Å². The van der Waals surface area contributed by atoms with Crippen LogP contribution in [0.3, 0.4) is 0 Å². The molecule has 0 aliphatic heterocycles. The summed E-state index contributed by atoms with van der Waals surface area (Å²) in [5.41, 5.74) is 1.94. The predicted octanol–water partition coefficient (Wildman–Crippen LogP) is 2.25. The van der Waals surface area contributed by atoms with Gasteiger partial charge in [-0.15, -0.1) is 11.3 Å². The molecular weight excluding hydrogens is 274 g/mol. The van der Waals surface area contributed by atoms with Crippen LogP contribution in [0.15, 0.2) is 48.5 Å². The lowest BCUT2D eigenvalue weighted by atomic mass is 10.2. The van der Waals surface area contributed by atoms with Crippen molar-refractivity contribution in [2.45, 2.75) is 0 Å². The van der Waals surface area contributed by atoms with Crippen molar-refractivity contribution in [1.82, 2.24) is 19.9 Å². The fraction of sp³-hybridized carbons (Fsp3) is 0. The van der Waals surface area contributed by atoms with Crippen LogP contribution in [0.25, 0.3) is 11.3 Å². The second kappa shape index (κ2) is 5.54. The highest BCUT2D eigenvalue weighted by atomic mass is 32.1. The second-order valence-electron chi connectivity index (χ2n) is 3.82. The van der Waals surface area contributed by atoms with Crippen LogP contribution in [-0.4, -0.2) is 25.8 Å². The van der Waals surface area contributed by atoms with E-state index >= 15 is 0 Å². The molecule has 1 amide bonds. The van der Waals surface area contributed by atoms with Gasteiger partial charge in [0.05, 0.1) is 11.9 Å². The average Bonchev–Trinajstić information content (AvgIpc) is 2.97. The Morgan fingerprint density at radius 1 is 1.15 bits per heavy atom. The number of carbonyl (C=O) groups excluding carboxylic acids is 1. The number of hydrogen-bond acceptors (Lipinski definition) is 6. The first-order valence-electron chi connectivity index (χ1n) is 5.76. The zero-order chi connectivity index (χ0) is 13.8. The molecule has 3 heterocycles. The normalized spacial score (nSPS) is 10.2. The van der Waals surface area contributed by atoms with E-state index in [-0.39, 0.29) is 11.6 Å². The molecule has 0 radical (unpaired) electrons. The molecule has 0 aliphatic carbocycles. The summed E-state index contributed by atoms with van der Waals surface area (Å²) in [6.45, 7) is 0. The second-order valence-corrected chi connectivity index (χ2v) is 4.68. The molecule has 7 heteroatoms. The summed E-state index contributed by atoms with van der Waals surface area (Å²) in [7, 11) is 0. The summed E-state index contributed by atoms with van der Waals surface area (Å²) in [4.78, 5) is 28.1. The highest BCUT2D eigenvalue weighted by Crippen LogP contribution is 2.24. The van der Waals surface area contributed by atoms with Gasteiger partial charge in [-0.3, -0.25) is 20.1 Å². The molecule has 0 aliphatic rings. The van der Waals surface area contributed by atoms with E-state index in [4.69, 9.17) is 0 Å². The fourth-order valence-electron chi connectivity index (χ4n) is 1.56. The van der Waals surface area contributed by atoms with Crippen molar-refractivity contribution < 1.29 is 4.79 Å². The molecule has 98 valence electrons. The first-order chi connectivity index (χ1) is 9.83. The van der Waals surface area contributed by atoms with Gasteiger partial charge in [0.15, 0.2) is 5.13 Å². The van der Waals surface area contributed by atoms with Crippen molar-refractivity contribution in [3.63, 3.8) is 0 Å². The molecule has 0 unspecified atom stereocenters. The molecule has 3 aromatic heterocycles. The van der Waals surface area contributed by atoms with E-state index in [1.54, 1.807) is 12.4 Å². The lowest BCUT2D eigenvalue weighted by molar-refractivity contribution is 0.102. The third-order valence-electron chi connectivity index (χ3n) is 2.48. The molecule has 0 aromatic carbocycles. The van der Waals surface area contributed by atoms with E-state index in [0.717, 1.165) is 11.3 Å². The molecular formula is C13H9N5OS. The first-order valence-corrected chi connectivity index (χ1v) is 6.64. The monoisotopic (exact) mass is 283 g/mol. The van der Waals surface area contributed by atoms with Gasteiger partial charge in [-0.2, -0.15) is 0 Å². The van der Waals surface area contributed by atoms with Gasteiger partial charge in [0.25, 0.3) is 5.91 Å². The number of aromatic nitrogens is 4. The number of hydrogen-bond donors (Lipinski definition) is 1. The number of nitrogens with zero attached hydrogens (tertiary/aromatic N) is 4. The molecule has 0 spiro atoms. The summed E-state index contributed by atoms with van der Waals surface area (Å²) >= 11 is 1.35. The van der Waals surface area contributed by atoms with Crippen LogP contribution in [0.2, 0.25) is 0 Å². The maximum Gasteiger partial charge on any atom is 0.277 e. The van der Waals surface area contributed by atoms with Crippen LogP contribution >= 0.6 is 11.3 Å². The van der Waals surface area contributed by atoms with Gasteiger partial charge in [-0.1, -0.05) is 0 Å². The number of nitrogens with one attached hydrogen (secondary N) is 1. The Morgan fingerprint density at radius 2 is 2.05 bits per heavy atom. The Balaban J connectivity index is 1.77. The van der Waals surface area contributed by atoms with Crippen LogP contribution in [0.1, 0.15) is 10.5 Å². The van der Waals surface area contributed by atoms with Crippen molar-refractivity contribution in [1.29, 1.82) is 0 Å². The molecule has 0 fully saturated rings. The number of anilines is 1. The Labute approximate surface area is 118 Å². The highest BCUT2D eigenvalue weighted by Gasteiger charge is 2.10. The third-order valence-corrected chi connectivity index (χ3v) is 3.24. The average molecular weight is 283 g/mol. The summed E-state index contributed by atoms with van der Waals surface area (Å²) in [6, 6.07) is 3.75. The zero-order valence-corrected chi connectivity index (χ0v) is 11.0. The number of carbonyl (C=O) groups is 1. The van der Waals surface area contributed by atoms with E-state index in [2.05, 4.69) is 25.3 Å². The zero-order valence-electron chi connectivity index (χ0n) is 10.2. The van der Waals surface area contributed by atoms with Crippen molar-refractivity contribution in [2.24, 2.45) is 0 Å². The molecule has 0 saturated heterocycles. The number of pyridine rings is 1. The van der Waals surface area contributed by atoms with E-state index in [9.17, 15) is 4.79 Å². The minimum absolute atomic E-state index is 0.255. The molecule has 0 bridgehead atoms. The largest absolute Gasteiger partial charge is 0.296 e. The molecule has 0 atom stereocenters. The van der Waals surface area contributed by atoms with Crippen LogP contribution in [0.4, 0.5) is 5.13 Å². The molecule has 20 heavy (non-hydrogen) atoms. The van der Waals surface area contributed by atoms with Gasteiger partial charge in [0.2, 0.25) is 0 Å². The summed E-state index contributed by atoms with van der Waals surface area (Å²) in [5, 5.41) is 5.07. The number of rotatable bonds is 3. The Kier molecular flexibility index (Phi) is 3.42. The SMILES string of the molecule is O=C(Nc1nc(-c2cccnc2)cs1)c1cnccn1. The van der Waals surface area contributed by atoms with Gasteiger partial charge in [0.1, 0.15) is 5.69 Å². The van der Waals surface area contributed by atoms with E-state index in [1.165, 1.54) is 29.9 Å². The molecule has 1 N–H and O–H groups in total. The fourth-order valence-corrected chi connectivity index (χ4v) is 2.27. The van der Waals surface area contributed by atoms with Crippen molar-refractivity contribution in [3.05, 3.63) is 54.2 Å². The Hall–Kier alpha value is -2.67. The minimum atomic E-state index is -0.329. The first kappa shape index (κ1) is 12.4. The van der Waals surface area contributed by atoms with E-state index in [1.807, 2.05) is 17.5 Å². The van der Waals surface area contributed by atoms with E-state index < -0.39 is 0 Å². The van der Waals surface area contributed by atoms with Gasteiger partial charge in [-0.05, 0) is 12.1 Å². The molecule has 3 aromatic rings. The van der Waals surface area contributed by atoms with Crippen LogP contribution in [-0.2, 0) is 0 Å². The Bertz CT molecular complexity index is 714. The highest BCUT2D eigenvalue weighted by molar-refractivity contribution is 7.14. The lowest BCUT2D eigenvalue weighted by Crippen LogP contribution is -2.13.